The van der Waals surface area contributed by atoms with Crippen molar-refractivity contribution < 1.29 is 28.6 Å². The molecule has 65 heavy (non-hydrogen) atoms. The van der Waals surface area contributed by atoms with Crippen molar-refractivity contribution in [3.63, 3.8) is 0 Å². The Bertz CT molecular complexity index is 1400. The molecule has 0 spiro atoms. The van der Waals surface area contributed by atoms with Gasteiger partial charge in [-0.3, -0.25) is 14.4 Å². The van der Waals surface area contributed by atoms with Crippen molar-refractivity contribution >= 4 is 17.9 Å². The molecule has 0 heterocycles. The highest BCUT2D eigenvalue weighted by molar-refractivity contribution is 5.71. The van der Waals surface area contributed by atoms with Crippen LogP contribution in [0.25, 0.3) is 0 Å². The van der Waals surface area contributed by atoms with Crippen LogP contribution in [-0.4, -0.2) is 37.2 Å². The van der Waals surface area contributed by atoms with E-state index in [1.165, 1.54) is 64.2 Å². The molecule has 1 atom stereocenters. The van der Waals surface area contributed by atoms with E-state index >= 15 is 0 Å². The van der Waals surface area contributed by atoms with Gasteiger partial charge in [-0.25, -0.2) is 0 Å². The van der Waals surface area contributed by atoms with Crippen LogP contribution in [0.5, 0.6) is 0 Å². The van der Waals surface area contributed by atoms with E-state index in [1.54, 1.807) is 0 Å². The van der Waals surface area contributed by atoms with Crippen LogP contribution in [0, 0.1) is 0 Å². The lowest BCUT2D eigenvalue weighted by Gasteiger charge is -2.18. The Kier molecular flexibility index (Phi) is 49.1. The molecular formula is C59H94O6. The summed E-state index contributed by atoms with van der Waals surface area (Å²) in [5.74, 6) is -1.05. The summed E-state index contributed by atoms with van der Waals surface area (Å²) in [5, 5.41) is 0. The first-order valence-electron chi connectivity index (χ1n) is 26.1. The van der Waals surface area contributed by atoms with Gasteiger partial charge < -0.3 is 14.2 Å². The van der Waals surface area contributed by atoms with Gasteiger partial charge in [0.25, 0.3) is 0 Å². The molecule has 0 saturated carbocycles. The van der Waals surface area contributed by atoms with Crippen molar-refractivity contribution in [2.24, 2.45) is 0 Å². The molecule has 1 unspecified atom stereocenters. The molecule has 0 aliphatic carbocycles. The van der Waals surface area contributed by atoms with Crippen LogP contribution in [0.15, 0.2) is 122 Å². The van der Waals surface area contributed by atoms with E-state index in [-0.39, 0.29) is 44.0 Å². The van der Waals surface area contributed by atoms with E-state index < -0.39 is 6.10 Å². The molecule has 6 nitrogen and oxygen atoms in total. The predicted molar refractivity (Wildman–Crippen MR) is 279 cm³/mol. The second-order valence-electron chi connectivity index (χ2n) is 16.8. The number of rotatable bonds is 45. The van der Waals surface area contributed by atoms with Gasteiger partial charge in [-0.2, -0.15) is 0 Å². The van der Waals surface area contributed by atoms with Crippen molar-refractivity contribution in [1.82, 2.24) is 0 Å². The molecule has 0 amide bonds. The number of allylic oxidation sites excluding steroid dienone is 20. The first kappa shape index (κ1) is 60.8. The smallest absolute Gasteiger partial charge is 0.306 e. The molecule has 366 valence electrons. The van der Waals surface area contributed by atoms with Gasteiger partial charge in [-0.15, -0.1) is 0 Å². The van der Waals surface area contributed by atoms with Gasteiger partial charge in [0, 0.05) is 19.3 Å². The van der Waals surface area contributed by atoms with E-state index in [9.17, 15) is 14.4 Å². The average Bonchev–Trinajstić information content (AvgIpc) is 3.30. The van der Waals surface area contributed by atoms with Gasteiger partial charge in [0.2, 0.25) is 0 Å². The molecule has 0 aromatic carbocycles. The van der Waals surface area contributed by atoms with E-state index in [0.29, 0.717) is 19.3 Å². The maximum atomic E-state index is 12.8. The lowest BCUT2D eigenvalue weighted by Crippen LogP contribution is -2.30. The molecule has 0 aliphatic heterocycles. The van der Waals surface area contributed by atoms with Gasteiger partial charge in [0.1, 0.15) is 13.2 Å². The fourth-order valence-corrected chi connectivity index (χ4v) is 6.60. The third-order valence-electron chi connectivity index (χ3n) is 10.5. The molecule has 0 rings (SSSR count). The Morgan fingerprint density at radius 1 is 0.338 bits per heavy atom. The minimum atomic E-state index is -0.833. The van der Waals surface area contributed by atoms with E-state index in [0.717, 1.165) is 96.3 Å². The Morgan fingerprint density at radius 3 is 1.18 bits per heavy atom. The number of hydrogen-bond donors (Lipinski definition) is 0. The van der Waals surface area contributed by atoms with E-state index in [4.69, 9.17) is 14.2 Å². The van der Waals surface area contributed by atoms with Crippen LogP contribution in [0.1, 0.15) is 213 Å². The lowest BCUT2D eigenvalue weighted by atomic mass is 10.1. The summed E-state index contributed by atoms with van der Waals surface area (Å²) in [5.41, 5.74) is 0. The molecule has 0 aliphatic rings. The SMILES string of the molecule is CC/C=C\C/C=C\C/C=C\CCCCC(=O)OCC(COC(=O)CCCCCCC\C=C/C=C\C=C/C=C\CCCCC)OC(=O)CCC/C=C\C/C=C\C/C=C\CCCCCCCC. The van der Waals surface area contributed by atoms with Crippen molar-refractivity contribution in [3.05, 3.63) is 122 Å². The van der Waals surface area contributed by atoms with Crippen LogP contribution in [0.3, 0.4) is 0 Å². The Labute approximate surface area is 399 Å². The van der Waals surface area contributed by atoms with Gasteiger partial charge >= 0.3 is 17.9 Å². The third-order valence-corrected chi connectivity index (χ3v) is 10.5. The summed E-state index contributed by atoms with van der Waals surface area (Å²) in [6, 6.07) is 0. The van der Waals surface area contributed by atoms with Crippen molar-refractivity contribution in [2.75, 3.05) is 13.2 Å². The number of unbranched alkanes of at least 4 members (excludes halogenated alkanes) is 17. The Hall–Kier alpha value is -4.19. The fourth-order valence-electron chi connectivity index (χ4n) is 6.60. The second-order valence-corrected chi connectivity index (χ2v) is 16.8. The Balaban J connectivity index is 4.57. The summed E-state index contributed by atoms with van der Waals surface area (Å²) in [7, 11) is 0. The summed E-state index contributed by atoms with van der Waals surface area (Å²) in [6.07, 6.45) is 71.9. The molecule has 0 fully saturated rings. The molecule has 6 heteroatoms. The van der Waals surface area contributed by atoms with Crippen LogP contribution in [0.4, 0.5) is 0 Å². The van der Waals surface area contributed by atoms with E-state index in [2.05, 4.69) is 142 Å². The summed E-state index contributed by atoms with van der Waals surface area (Å²) in [6.45, 7) is 6.36. The number of hydrogen-bond acceptors (Lipinski definition) is 6. The summed E-state index contributed by atoms with van der Waals surface area (Å²) < 4.78 is 16.7. The van der Waals surface area contributed by atoms with Gasteiger partial charge in [0.15, 0.2) is 6.10 Å². The molecule has 0 N–H and O–H groups in total. The van der Waals surface area contributed by atoms with Crippen LogP contribution in [0.2, 0.25) is 0 Å². The molecule has 0 radical (unpaired) electrons. The zero-order chi connectivity index (χ0) is 47.2. The lowest BCUT2D eigenvalue weighted by molar-refractivity contribution is -0.167. The zero-order valence-corrected chi connectivity index (χ0v) is 41.7. The summed E-state index contributed by atoms with van der Waals surface area (Å²) in [4.78, 5) is 38.0. The van der Waals surface area contributed by atoms with Crippen LogP contribution < -0.4 is 0 Å². The standard InChI is InChI=1S/C59H94O6/c1-4-7-10-13-16-19-22-25-27-29-31-32-34-37-40-43-46-49-52-58(61)64-55-56(54-63-57(60)51-48-45-42-39-36-24-21-18-15-12-9-6-3)65-59(62)53-50-47-44-41-38-35-33-30-28-26-23-20-17-14-11-8-5-2/h9,12,16,18-19,21-22,25-29,31-33,35-36,39,41,44,56H,4-8,10-11,13-15,17,20,23-24,30,34,37-38,40,42-43,45-55H2,1-3H3/b12-9-,19-16-,21-18-,25-22-,28-26-,29-27-,32-31-,35-33-,39-36-,44-41-. The third kappa shape index (κ3) is 50.7. The minimum Gasteiger partial charge on any atom is -0.462 e. The van der Waals surface area contributed by atoms with Gasteiger partial charge in [-0.05, 0) is 109 Å². The topological polar surface area (TPSA) is 78.9 Å². The highest BCUT2D eigenvalue weighted by atomic mass is 16.6. The van der Waals surface area contributed by atoms with Crippen LogP contribution in [-0.2, 0) is 28.6 Å². The zero-order valence-electron chi connectivity index (χ0n) is 41.7. The largest absolute Gasteiger partial charge is 0.462 e. The molecular weight excluding hydrogens is 805 g/mol. The first-order chi connectivity index (χ1) is 32.0. The maximum Gasteiger partial charge on any atom is 0.306 e. The van der Waals surface area contributed by atoms with E-state index in [1.807, 2.05) is 0 Å². The normalized spacial score (nSPS) is 13.1. The molecule has 0 saturated heterocycles. The van der Waals surface area contributed by atoms with Crippen molar-refractivity contribution in [1.29, 1.82) is 0 Å². The minimum absolute atomic E-state index is 0.126. The first-order valence-corrected chi connectivity index (χ1v) is 26.1. The Morgan fingerprint density at radius 2 is 0.677 bits per heavy atom. The maximum absolute atomic E-state index is 12.8. The van der Waals surface area contributed by atoms with Crippen molar-refractivity contribution in [2.45, 2.75) is 219 Å². The number of esters is 3. The number of carbonyl (C=O) groups is 3. The fraction of sp³-hybridized carbons (Fsp3) is 0.610. The average molecular weight is 899 g/mol. The number of ether oxygens (including phenoxy) is 3. The van der Waals surface area contributed by atoms with Crippen molar-refractivity contribution in [3.8, 4) is 0 Å². The van der Waals surface area contributed by atoms with Crippen LogP contribution >= 0.6 is 0 Å². The van der Waals surface area contributed by atoms with Gasteiger partial charge in [-0.1, -0.05) is 206 Å². The van der Waals surface area contributed by atoms with Gasteiger partial charge in [0.05, 0.1) is 0 Å². The number of carbonyl (C=O) groups excluding carboxylic acids is 3. The second kappa shape index (κ2) is 52.4. The predicted octanol–water partition coefficient (Wildman–Crippen LogP) is 17.3. The monoisotopic (exact) mass is 899 g/mol. The molecule has 0 aromatic rings. The molecule has 0 aromatic heterocycles. The quantitative estimate of drug-likeness (QED) is 0.0199. The highest BCUT2D eigenvalue weighted by Crippen LogP contribution is 2.11. The highest BCUT2D eigenvalue weighted by Gasteiger charge is 2.19. The summed E-state index contributed by atoms with van der Waals surface area (Å²) >= 11 is 0. The molecule has 0 bridgehead atoms.